The molecule has 2 amide bonds. The fraction of sp³-hybridized carbons (Fsp3) is 0.333. The van der Waals surface area contributed by atoms with Gasteiger partial charge in [-0.15, -0.1) is 5.10 Å². The molecule has 33 heavy (non-hydrogen) atoms. The average molecular weight is 468 g/mol. The number of nitrogens with one attached hydrogen (secondary N) is 1. The first-order chi connectivity index (χ1) is 15.8. The zero-order valence-electron chi connectivity index (χ0n) is 18.8. The largest absolute Gasteiger partial charge is 0.372 e. The number of rotatable bonds is 5. The van der Waals surface area contributed by atoms with Gasteiger partial charge in [0.2, 0.25) is 0 Å². The van der Waals surface area contributed by atoms with Crippen molar-refractivity contribution in [2.75, 3.05) is 13.1 Å². The first kappa shape index (κ1) is 22.9. The van der Waals surface area contributed by atoms with Crippen molar-refractivity contribution < 1.29 is 14.3 Å². The summed E-state index contributed by atoms with van der Waals surface area (Å²) in [6.07, 6.45) is 0.0416. The van der Waals surface area contributed by atoms with E-state index in [1.54, 1.807) is 35.9 Å². The Morgan fingerprint density at radius 1 is 1.12 bits per heavy atom. The van der Waals surface area contributed by atoms with E-state index in [0.717, 1.165) is 11.3 Å². The van der Waals surface area contributed by atoms with Crippen molar-refractivity contribution in [1.29, 1.82) is 0 Å². The molecular weight excluding hydrogens is 442 g/mol. The van der Waals surface area contributed by atoms with Crippen molar-refractivity contribution in [1.82, 2.24) is 25.2 Å². The van der Waals surface area contributed by atoms with Gasteiger partial charge >= 0.3 is 0 Å². The molecule has 172 valence electrons. The van der Waals surface area contributed by atoms with Crippen LogP contribution < -0.4 is 5.32 Å². The van der Waals surface area contributed by atoms with Crippen LogP contribution >= 0.6 is 11.6 Å². The zero-order valence-corrected chi connectivity index (χ0v) is 19.5. The van der Waals surface area contributed by atoms with Gasteiger partial charge in [0, 0.05) is 30.2 Å². The second-order valence-electron chi connectivity index (χ2n) is 8.26. The molecule has 2 atom stereocenters. The van der Waals surface area contributed by atoms with Crippen LogP contribution in [0, 0.1) is 6.92 Å². The fourth-order valence-electron chi connectivity index (χ4n) is 3.95. The maximum Gasteiger partial charge on any atom is 0.274 e. The van der Waals surface area contributed by atoms with Gasteiger partial charge in [-0.3, -0.25) is 9.59 Å². The molecule has 2 unspecified atom stereocenters. The van der Waals surface area contributed by atoms with Gasteiger partial charge in [-0.05, 0) is 56.7 Å². The molecule has 1 aliphatic rings. The molecule has 1 fully saturated rings. The molecule has 2 heterocycles. The summed E-state index contributed by atoms with van der Waals surface area (Å²) in [6, 6.07) is 14.4. The van der Waals surface area contributed by atoms with Crippen molar-refractivity contribution in [3.8, 4) is 5.69 Å². The van der Waals surface area contributed by atoms with Gasteiger partial charge in [0.05, 0.1) is 23.6 Å². The molecule has 0 bridgehead atoms. The van der Waals surface area contributed by atoms with E-state index in [4.69, 9.17) is 16.3 Å². The first-order valence-corrected chi connectivity index (χ1v) is 11.2. The summed E-state index contributed by atoms with van der Waals surface area (Å²) in [5.74, 6) is -0.335. The van der Waals surface area contributed by atoms with Crippen LogP contribution in [-0.2, 0) is 11.3 Å². The molecule has 1 aromatic heterocycles. The Balaban J connectivity index is 1.38. The molecule has 0 radical (unpaired) electrons. The van der Waals surface area contributed by atoms with Crippen LogP contribution in [0.25, 0.3) is 5.69 Å². The molecule has 0 spiro atoms. The lowest BCUT2D eigenvalue weighted by Crippen LogP contribution is -2.48. The van der Waals surface area contributed by atoms with Crippen molar-refractivity contribution in [3.63, 3.8) is 0 Å². The molecule has 8 nitrogen and oxygen atoms in total. The van der Waals surface area contributed by atoms with Crippen LogP contribution in [0.15, 0.2) is 48.5 Å². The number of ether oxygens (including phenoxy) is 1. The first-order valence-electron chi connectivity index (χ1n) is 10.8. The fourth-order valence-corrected chi connectivity index (χ4v) is 4.13. The molecular formula is C24H26ClN5O3. The number of carbonyl (C=O) groups is 2. The van der Waals surface area contributed by atoms with Crippen LogP contribution in [0.4, 0.5) is 0 Å². The predicted octanol–water partition coefficient (Wildman–Crippen LogP) is 3.41. The monoisotopic (exact) mass is 467 g/mol. The van der Waals surface area contributed by atoms with Gasteiger partial charge in [0.25, 0.3) is 11.8 Å². The summed E-state index contributed by atoms with van der Waals surface area (Å²) in [5.41, 5.74) is 3.09. The average Bonchev–Trinajstić information content (AvgIpc) is 3.18. The number of halogens is 1. The Hall–Kier alpha value is -3.23. The van der Waals surface area contributed by atoms with E-state index in [1.165, 1.54) is 0 Å². The molecule has 3 aromatic rings. The summed E-state index contributed by atoms with van der Waals surface area (Å²) >= 11 is 6.05. The van der Waals surface area contributed by atoms with Crippen LogP contribution in [-0.4, -0.2) is 57.0 Å². The highest BCUT2D eigenvalue weighted by atomic mass is 35.5. The van der Waals surface area contributed by atoms with Gasteiger partial charge in [-0.1, -0.05) is 35.0 Å². The normalized spacial score (nSPS) is 18.2. The van der Waals surface area contributed by atoms with Gasteiger partial charge in [0.1, 0.15) is 0 Å². The van der Waals surface area contributed by atoms with Crippen molar-refractivity contribution >= 4 is 23.4 Å². The smallest absolute Gasteiger partial charge is 0.274 e. The number of amides is 2. The standard InChI is InChI=1S/C24H26ClN5O3/c1-15-13-29(14-16(2)33-15)24(32)19-9-7-18(8-10-19)12-26-23(31)22-17(3)30(28-27-22)21-6-4-5-20(25)11-21/h4-11,15-16H,12-14H2,1-3H3,(H,26,31). The lowest BCUT2D eigenvalue weighted by Gasteiger charge is -2.35. The number of carbonyl (C=O) groups excluding carboxylic acids is 2. The van der Waals surface area contributed by atoms with Crippen LogP contribution in [0.5, 0.6) is 0 Å². The summed E-state index contributed by atoms with van der Waals surface area (Å²) in [7, 11) is 0. The van der Waals surface area contributed by atoms with Gasteiger partial charge < -0.3 is 15.0 Å². The van der Waals surface area contributed by atoms with Crippen molar-refractivity contribution in [3.05, 3.63) is 76.1 Å². The predicted molar refractivity (Wildman–Crippen MR) is 125 cm³/mol. The van der Waals surface area contributed by atoms with Gasteiger partial charge in [-0.25, -0.2) is 4.68 Å². The minimum atomic E-state index is -0.322. The Kier molecular flexibility index (Phi) is 6.76. The Bertz CT molecular complexity index is 1150. The number of aromatic nitrogens is 3. The molecule has 9 heteroatoms. The van der Waals surface area contributed by atoms with Crippen molar-refractivity contribution in [2.24, 2.45) is 0 Å². The SMILES string of the molecule is Cc1c(C(=O)NCc2ccc(C(=O)N3CC(C)OC(C)C3)cc2)nnn1-c1cccc(Cl)c1. The van der Waals surface area contributed by atoms with E-state index >= 15 is 0 Å². The van der Waals surface area contributed by atoms with Crippen LogP contribution in [0.3, 0.4) is 0 Å². The van der Waals surface area contributed by atoms with E-state index in [1.807, 2.05) is 43.0 Å². The van der Waals surface area contributed by atoms with E-state index in [0.29, 0.717) is 35.9 Å². The quantitative estimate of drug-likeness (QED) is 0.621. The molecule has 0 saturated carbocycles. The van der Waals surface area contributed by atoms with Crippen LogP contribution in [0.2, 0.25) is 5.02 Å². The van der Waals surface area contributed by atoms with E-state index in [2.05, 4.69) is 15.6 Å². The minimum absolute atomic E-state index is 0.0131. The summed E-state index contributed by atoms with van der Waals surface area (Å²) in [4.78, 5) is 27.3. The molecule has 1 saturated heterocycles. The van der Waals surface area contributed by atoms with Gasteiger partial charge in [-0.2, -0.15) is 0 Å². The second kappa shape index (κ2) is 9.72. The third kappa shape index (κ3) is 5.23. The van der Waals surface area contributed by atoms with E-state index in [9.17, 15) is 9.59 Å². The van der Waals surface area contributed by atoms with E-state index in [-0.39, 0.29) is 29.7 Å². The molecule has 0 aliphatic carbocycles. The highest BCUT2D eigenvalue weighted by Gasteiger charge is 2.26. The highest BCUT2D eigenvalue weighted by molar-refractivity contribution is 6.30. The summed E-state index contributed by atoms with van der Waals surface area (Å²) < 4.78 is 7.28. The highest BCUT2D eigenvalue weighted by Crippen LogP contribution is 2.17. The number of morpholine rings is 1. The summed E-state index contributed by atoms with van der Waals surface area (Å²) in [6.45, 7) is 7.19. The van der Waals surface area contributed by atoms with Crippen LogP contribution in [0.1, 0.15) is 46.0 Å². The maximum absolute atomic E-state index is 12.8. The third-order valence-electron chi connectivity index (χ3n) is 5.52. The number of nitrogens with zero attached hydrogens (tertiary/aromatic N) is 4. The van der Waals surface area contributed by atoms with Crippen molar-refractivity contribution in [2.45, 2.75) is 39.5 Å². The molecule has 1 N–H and O–H groups in total. The maximum atomic E-state index is 12.8. The second-order valence-corrected chi connectivity index (χ2v) is 8.70. The Morgan fingerprint density at radius 3 is 2.48 bits per heavy atom. The molecule has 1 aliphatic heterocycles. The molecule has 4 rings (SSSR count). The lowest BCUT2D eigenvalue weighted by atomic mass is 10.1. The number of benzene rings is 2. The van der Waals surface area contributed by atoms with Gasteiger partial charge in [0.15, 0.2) is 5.69 Å². The topological polar surface area (TPSA) is 89.3 Å². The summed E-state index contributed by atoms with van der Waals surface area (Å²) in [5, 5.41) is 11.6. The van der Waals surface area contributed by atoms with E-state index < -0.39 is 0 Å². The molecule has 2 aromatic carbocycles. The third-order valence-corrected chi connectivity index (χ3v) is 5.76. The number of hydrogen-bond donors (Lipinski definition) is 1. The Morgan fingerprint density at radius 2 is 1.82 bits per heavy atom. The number of hydrogen-bond acceptors (Lipinski definition) is 5. The Labute approximate surface area is 197 Å². The lowest BCUT2D eigenvalue weighted by molar-refractivity contribution is -0.0586. The minimum Gasteiger partial charge on any atom is -0.372 e. The zero-order chi connectivity index (χ0) is 23.5.